The molecule has 3 nitrogen and oxygen atoms in total. The van der Waals surface area contributed by atoms with Crippen LogP contribution in [0.4, 0.5) is 0 Å². The third-order valence-electron chi connectivity index (χ3n) is 2.47. The molecule has 1 atom stereocenters. The van der Waals surface area contributed by atoms with Gasteiger partial charge < -0.3 is 4.90 Å². The molecule has 0 bridgehead atoms. The predicted octanol–water partition coefficient (Wildman–Crippen LogP) is 0.854. The van der Waals surface area contributed by atoms with Crippen molar-refractivity contribution in [2.75, 3.05) is 0 Å². The maximum atomic E-state index is 11.4. The van der Waals surface area contributed by atoms with Gasteiger partial charge in [-0.2, -0.15) is 0 Å². The highest BCUT2D eigenvalue weighted by Gasteiger charge is 2.32. The molecular weight excluding hydrogens is 154 g/mol. The van der Waals surface area contributed by atoms with E-state index in [0.717, 1.165) is 19.3 Å². The number of carbonyl (C=O) groups excluding carboxylic acids is 2. The van der Waals surface area contributed by atoms with Gasteiger partial charge in [0.2, 0.25) is 5.91 Å². The lowest BCUT2D eigenvalue weighted by atomic mass is 10.1. The van der Waals surface area contributed by atoms with Gasteiger partial charge in [-0.25, -0.2) is 0 Å². The minimum atomic E-state index is -0.167. The summed E-state index contributed by atoms with van der Waals surface area (Å²) in [7, 11) is 0. The molecule has 2 heterocycles. The SMILES string of the molecule is O=C1C=CN2C(=O)CCCCC12. The van der Waals surface area contributed by atoms with Gasteiger partial charge in [0.1, 0.15) is 0 Å². The molecule has 0 aromatic heterocycles. The molecule has 2 aliphatic rings. The Morgan fingerprint density at radius 3 is 3.00 bits per heavy atom. The largest absolute Gasteiger partial charge is 0.308 e. The van der Waals surface area contributed by atoms with Gasteiger partial charge in [-0.15, -0.1) is 0 Å². The van der Waals surface area contributed by atoms with Gasteiger partial charge in [0, 0.05) is 12.6 Å². The molecule has 0 radical (unpaired) electrons. The molecule has 64 valence electrons. The Balaban J connectivity index is 2.23. The Hall–Kier alpha value is -1.12. The van der Waals surface area contributed by atoms with Crippen molar-refractivity contribution >= 4 is 11.7 Å². The molecule has 0 aliphatic carbocycles. The van der Waals surface area contributed by atoms with Gasteiger partial charge in [0.25, 0.3) is 0 Å². The van der Waals surface area contributed by atoms with Crippen LogP contribution in [0.1, 0.15) is 25.7 Å². The van der Waals surface area contributed by atoms with Crippen molar-refractivity contribution in [3.05, 3.63) is 12.3 Å². The fourth-order valence-corrected chi connectivity index (χ4v) is 1.79. The van der Waals surface area contributed by atoms with Gasteiger partial charge in [0.15, 0.2) is 5.78 Å². The van der Waals surface area contributed by atoms with Crippen LogP contribution in [-0.2, 0) is 9.59 Å². The minimum Gasteiger partial charge on any atom is -0.308 e. The summed E-state index contributed by atoms with van der Waals surface area (Å²) in [6.45, 7) is 0. The minimum absolute atomic E-state index is 0.0882. The van der Waals surface area contributed by atoms with E-state index >= 15 is 0 Å². The molecule has 1 saturated heterocycles. The number of amides is 1. The normalized spacial score (nSPS) is 29.0. The highest BCUT2D eigenvalue weighted by atomic mass is 16.2. The van der Waals surface area contributed by atoms with Gasteiger partial charge >= 0.3 is 0 Å². The number of ketones is 1. The van der Waals surface area contributed by atoms with Crippen molar-refractivity contribution in [2.45, 2.75) is 31.7 Å². The number of carbonyl (C=O) groups is 2. The van der Waals surface area contributed by atoms with E-state index in [0.29, 0.717) is 6.42 Å². The second kappa shape index (κ2) is 2.73. The first-order valence-electron chi connectivity index (χ1n) is 4.32. The average Bonchev–Trinajstić information content (AvgIpc) is 2.30. The second-order valence-corrected chi connectivity index (χ2v) is 3.28. The lowest BCUT2D eigenvalue weighted by Crippen LogP contribution is -2.34. The Morgan fingerprint density at radius 2 is 2.17 bits per heavy atom. The van der Waals surface area contributed by atoms with Crippen LogP contribution in [0.2, 0.25) is 0 Å². The molecule has 2 aliphatic heterocycles. The first kappa shape index (κ1) is 7.53. The molecule has 1 unspecified atom stereocenters. The highest BCUT2D eigenvalue weighted by molar-refractivity contribution is 6.00. The summed E-state index contributed by atoms with van der Waals surface area (Å²) in [5, 5.41) is 0. The van der Waals surface area contributed by atoms with E-state index in [1.165, 1.54) is 6.08 Å². The monoisotopic (exact) mass is 165 g/mol. The van der Waals surface area contributed by atoms with Crippen LogP contribution in [-0.4, -0.2) is 22.6 Å². The highest BCUT2D eigenvalue weighted by Crippen LogP contribution is 2.22. The molecule has 0 saturated carbocycles. The van der Waals surface area contributed by atoms with Crippen LogP contribution in [0.15, 0.2) is 12.3 Å². The van der Waals surface area contributed by atoms with E-state index in [-0.39, 0.29) is 17.7 Å². The number of fused-ring (bicyclic) bond motifs is 1. The maximum Gasteiger partial charge on any atom is 0.227 e. The van der Waals surface area contributed by atoms with Crippen molar-refractivity contribution in [3.8, 4) is 0 Å². The predicted molar refractivity (Wildman–Crippen MR) is 43.2 cm³/mol. The molecular formula is C9H11NO2. The summed E-state index contributed by atoms with van der Waals surface area (Å²) in [5.41, 5.74) is 0. The Labute approximate surface area is 71.0 Å². The van der Waals surface area contributed by atoms with Crippen molar-refractivity contribution in [3.63, 3.8) is 0 Å². The van der Waals surface area contributed by atoms with Crippen LogP contribution in [0.5, 0.6) is 0 Å². The van der Waals surface area contributed by atoms with E-state index in [9.17, 15) is 9.59 Å². The van der Waals surface area contributed by atoms with E-state index in [2.05, 4.69) is 0 Å². The Morgan fingerprint density at radius 1 is 1.33 bits per heavy atom. The average molecular weight is 165 g/mol. The maximum absolute atomic E-state index is 11.4. The standard InChI is InChI=1S/C9H11NO2/c11-8-5-6-10-7(8)3-1-2-4-9(10)12/h5-7H,1-4H2. The van der Waals surface area contributed by atoms with Crippen molar-refractivity contribution in [2.24, 2.45) is 0 Å². The summed E-state index contributed by atoms with van der Waals surface area (Å²) in [5.74, 6) is 0.185. The van der Waals surface area contributed by atoms with E-state index in [1.54, 1.807) is 11.1 Å². The van der Waals surface area contributed by atoms with E-state index in [1.807, 2.05) is 0 Å². The number of hydrogen-bond acceptors (Lipinski definition) is 2. The molecule has 0 N–H and O–H groups in total. The molecule has 0 aromatic carbocycles. The van der Waals surface area contributed by atoms with Crippen LogP contribution < -0.4 is 0 Å². The number of rotatable bonds is 0. The Kier molecular flexibility index (Phi) is 1.71. The zero-order valence-electron chi connectivity index (χ0n) is 6.82. The van der Waals surface area contributed by atoms with Crippen LogP contribution in [0.25, 0.3) is 0 Å². The third-order valence-corrected chi connectivity index (χ3v) is 2.47. The summed E-state index contributed by atoms with van der Waals surface area (Å²) in [4.78, 5) is 24.2. The summed E-state index contributed by atoms with van der Waals surface area (Å²) in [6, 6.07) is -0.167. The van der Waals surface area contributed by atoms with Crippen LogP contribution >= 0.6 is 0 Å². The zero-order valence-corrected chi connectivity index (χ0v) is 6.82. The van der Waals surface area contributed by atoms with Crippen molar-refractivity contribution < 1.29 is 9.59 Å². The molecule has 2 rings (SSSR count). The van der Waals surface area contributed by atoms with Gasteiger partial charge in [-0.1, -0.05) is 6.42 Å². The molecule has 0 aromatic rings. The van der Waals surface area contributed by atoms with Gasteiger partial charge in [0.05, 0.1) is 6.04 Å². The first-order chi connectivity index (χ1) is 5.79. The van der Waals surface area contributed by atoms with Crippen LogP contribution in [0, 0.1) is 0 Å². The third kappa shape index (κ3) is 1.05. The topological polar surface area (TPSA) is 37.4 Å². The number of nitrogens with zero attached hydrogens (tertiary/aromatic N) is 1. The quantitative estimate of drug-likeness (QED) is 0.533. The van der Waals surface area contributed by atoms with Crippen LogP contribution in [0.3, 0.4) is 0 Å². The summed E-state index contributed by atoms with van der Waals surface area (Å²) in [6.07, 6.45) is 6.47. The lowest BCUT2D eigenvalue weighted by Gasteiger charge is -2.18. The van der Waals surface area contributed by atoms with Crippen molar-refractivity contribution in [1.29, 1.82) is 0 Å². The summed E-state index contributed by atoms with van der Waals surface area (Å²) < 4.78 is 0. The number of hydrogen-bond donors (Lipinski definition) is 0. The fourth-order valence-electron chi connectivity index (χ4n) is 1.79. The zero-order chi connectivity index (χ0) is 8.55. The molecule has 1 amide bonds. The molecule has 12 heavy (non-hydrogen) atoms. The Bertz CT molecular complexity index is 257. The lowest BCUT2D eigenvalue weighted by molar-refractivity contribution is -0.132. The van der Waals surface area contributed by atoms with Gasteiger partial charge in [-0.05, 0) is 18.9 Å². The second-order valence-electron chi connectivity index (χ2n) is 3.28. The van der Waals surface area contributed by atoms with E-state index in [4.69, 9.17) is 0 Å². The van der Waals surface area contributed by atoms with Crippen molar-refractivity contribution in [1.82, 2.24) is 4.90 Å². The first-order valence-corrected chi connectivity index (χ1v) is 4.32. The molecule has 0 spiro atoms. The molecule has 3 heteroatoms. The fraction of sp³-hybridized carbons (Fsp3) is 0.556. The smallest absolute Gasteiger partial charge is 0.227 e. The van der Waals surface area contributed by atoms with E-state index < -0.39 is 0 Å². The summed E-state index contributed by atoms with van der Waals surface area (Å²) >= 11 is 0. The van der Waals surface area contributed by atoms with Gasteiger partial charge in [-0.3, -0.25) is 9.59 Å². The molecule has 1 fully saturated rings.